The second-order valence-corrected chi connectivity index (χ2v) is 7.08. The molecular formula is C23H20N2O4. The SMILES string of the molecule is O=C(NC[C@@H]1Cc2cc(-c3cccnc3)ccc2O1)c1ccc2c(c1)OCCO2. The summed E-state index contributed by atoms with van der Waals surface area (Å²) in [6.07, 6.45) is 4.28. The van der Waals surface area contributed by atoms with Gasteiger partial charge in [0.05, 0.1) is 6.54 Å². The van der Waals surface area contributed by atoms with Crippen LogP contribution in [0.15, 0.2) is 60.9 Å². The first kappa shape index (κ1) is 17.6. The van der Waals surface area contributed by atoms with Crippen molar-refractivity contribution in [1.82, 2.24) is 10.3 Å². The first-order chi connectivity index (χ1) is 14.3. The highest BCUT2D eigenvalue weighted by atomic mass is 16.6. The van der Waals surface area contributed by atoms with E-state index in [1.807, 2.05) is 30.5 Å². The molecule has 2 aliphatic rings. The van der Waals surface area contributed by atoms with Crippen LogP contribution < -0.4 is 19.5 Å². The van der Waals surface area contributed by atoms with Crippen molar-refractivity contribution < 1.29 is 19.0 Å². The molecule has 3 aromatic rings. The van der Waals surface area contributed by atoms with E-state index >= 15 is 0 Å². The summed E-state index contributed by atoms with van der Waals surface area (Å²) in [6, 6.07) is 15.3. The van der Waals surface area contributed by atoms with Crippen molar-refractivity contribution in [3.05, 3.63) is 72.1 Å². The van der Waals surface area contributed by atoms with E-state index in [2.05, 4.69) is 16.4 Å². The van der Waals surface area contributed by atoms with Gasteiger partial charge in [-0.25, -0.2) is 0 Å². The smallest absolute Gasteiger partial charge is 0.251 e. The zero-order valence-corrected chi connectivity index (χ0v) is 15.8. The van der Waals surface area contributed by atoms with Crippen molar-refractivity contribution in [3.8, 4) is 28.4 Å². The molecule has 2 aromatic carbocycles. The minimum atomic E-state index is -0.155. The van der Waals surface area contributed by atoms with E-state index in [1.54, 1.807) is 24.4 Å². The van der Waals surface area contributed by atoms with Crippen LogP contribution in [0, 0.1) is 0 Å². The molecule has 5 rings (SSSR count). The number of pyridine rings is 1. The second-order valence-electron chi connectivity index (χ2n) is 7.08. The maximum absolute atomic E-state index is 12.5. The fourth-order valence-corrected chi connectivity index (χ4v) is 3.64. The van der Waals surface area contributed by atoms with E-state index in [0.717, 1.165) is 28.9 Å². The summed E-state index contributed by atoms with van der Waals surface area (Å²) in [5, 5.41) is 2.96. The lowest BCUT2D eigenvalue weighted by Gasteiger charge is -2.19. The van der Waals surface area contributed by atoms with Crippen LogP contribution in [0.3, 0.4) is 0 Å². The Hall–Kier alpha value is -3.54. The van der Waals surface area contributed by atoms with Gasteiger partial charge in [-0.2, -0.15) is 0 Å². The number of carbonyl (C=O) groups excluding carboxylic acids is 1. The number of fused-ring (bicyclic) bond motifs is 2. The van der Waals surface area contributed by atoms with Crippen LogP contribution >= 0.6 is 0 Å². The van der Waals surface area contributed by atoms with Gasteiger partial charge < -0.3 is 19.5 Å². The molecule has 29 heavy (non-hydrogen) atoms. The second kappa shape index (κ2) is 7.47. The molecule has 0 bridgehead atoms. The predicted molar refractivity (Wildman–Crippen MR) is 108 cm³/mol. The topological polar surface area (TPSA) is 69.7 Å². The van der Waals surface area contributed by atoms with Gasteiger partial charge >= 0.3 is 0 Å². The van der Waals surface area contributed by atoms with E-state index in [4.69, 9.17) is 14.2 Å². The number of nitrogens with zero attached hydrogens (tertiary/aromatic N) is 1. The largest absolute Gasteiger partial charge is 0.488 e. The number of hydrogen-bond acceptors (Lipinski definition) is 5. The van der Waals surface area contributed by atoms with Crippen molar-refractivity contribution in [3.63, 3.8) is 0 Å². The molecule has 0 saturated heterocycles. The number of carbonyl (C=O) groups is 1. The predicted octanol–water partition coefficient (Wildman–Crippen LogP) is 3.25. The number of amides is 1. The van der Waals surface area contributed by atoms with Gasteiger partial charge in [0.2, 0.25) is 0 Å². The zero-order chi connectivity index (χ0) is 19.6. The van der Waals surface area contributed by atoms with E-state index < -0.39 is 0 Å². The van der Waals surface area contributed by atoms with E-state index in [0.29, 0.717) is 36.8 Å². The minimum absolute atomic E-state index is 0.0877. The van der Waals surface area contributed by atoms with Crippen molar-refractivity contribution in [2.75, 3.05) is 19.8 Å². The average molecular weight is 388 g/mol. The lowest BCUT2D eigenvalue weighted by molar-refractivity contribution is 0.0932. The molecule has 1 atom stereocenters. The summed E-state index contributed by atoms with van der Waals surface area (Å²) in [5.74, 6) is 2.00. The molecule has 6 nitrogen and oxygen atoms in total. The Labute approximate surface area is 168 Å². The average Bonchev–Trinajstić information content (AvgIpc) is 3.20. The van der Waals surface area contributed by atoms with Crippen LogP contribution in [0.5, 0.6) is 17.2 Å². The maximum Gasteiger partial charge on any atom is 0.251 e. The number of aromatic nitrogens is 1. The van der Waals surface area contributed by atoms with E-state index in [-0.39, 0.29) is 12.0 Å². The Balaban J connectivity index is 1.22. The maximum atomic E-state index is 12.5. The van der Waals surface area contributed by atoms with Crippen LogP contribution in [0.4, 0.5) is 0 Å². The van der Waals surface area contributed by atoms with Gasteiger partial charge in [0, 0.05) is 29.9 Å². The van der Waals surface area contributed by atoms with E-state index in [9.17, 15) is 4.79 Å². The molecule has 0 radical (unpaired) electrons. The highest BCUT2D eigenvalue weighted by Gasteiger charge is 2.24. The van der Waals surface area contributed by atoms with Crippen molar-refractivity contribution in [1.29, 1.82) is 0 Å². The Bertz CT molecular complexity index is 1050. The molecule has 146 valence electrons. The molecule has 1 N–H and O–H groups in total. The van der Waals surface area contributed by atoms with Gasteiger partial charge in [0.25, 0.3) is 5.91 Å². The Kier molecular flexibility index (Phi) is 4.52. The standard InChI is InChI=1S/C23H20N2O4/c26-23(16-4-6-21-22(12-16)28-9-8-27-21)25-14-19-11-18-10-15(3-5-20(18)29-19)17-2-1-7-24-13-17/h1-7,10,12-13,19H,8-9,11,14H2,(H,25,26)/t19-/m0/s1. The molecule has 1 aromatic heterocycles. The minimum Gasteiger partial charge on any atom is -0.488 e. The van der Waals surface area contributed by atoms with Crippen molar-refractivity contribution in [2.45, 2.75) is 12.5 Å². The zero-order valence-electron chi connectivity index (χ0n) is 15.8. The molecule has 6 heteroatoms. The first-order valence-corrected chi connectivity index (χ1v) is 9.64. The molecule has 0 spiro atoms. The summed E-state index contributed by atoms with van der Waals surface area (Å²) >= 11 is 0. The molecule has 0 unspecified atom stereocenters. The highest BCUT2D eigenvalue weighted by molar-refractivity contribution is 5.94. The van der Waals surface area contributed by atoms with Gasteiger partial charge in [-0.1, -0.05) is 12.1 Å². The van der Waals surface area contributed by atoms with Crippen molar-refractivity contribution >= 4 is 5.91 Å². The summed E-state index contributed by atoms with van der Waals surface area (Å²) < 4.78 is 17.0. The first-order valence-electron chi connectivity index (χ1n) is 9.64. The fraction of sp³-hybridized carbons (Fsp3) is 0.217. The Morgan fingerprint density at radius 2 is 1.86 bits per heavy atom. The number of rotatable bonds is 4. The monoisotopic (exact) mass is 388 g/mol. The normalized spacial score (nSPS) is 16.6. The number of hydrogen-bond donors (Lipinski definition) is 1. The molecule has 1 amide bonds. The quantitative estimate of drug-likeness (QED) is 0.743. The van der Waals surface area contributed by atoms with Gasteiger partial charge in [0.15, 0.2) is 11.5 Å². The van der Waals surface area contributed by atoms with Crippen LogP contribution in [0.25, 0.3) is 11.1 Å². The van der Waals surface area contributed by atoms with E-state index in [1.165, 1.54) is 0 Å². The fourth-order valence-electron chi connectivity index (χ4n) is 3.64. The number of benzene rings is 2. The summed E-state index contributed by atoms with van der Waals surface area (Å²) in [7, 11) is 0. The van der Waals surface area contributed by atoms with Gasteiger partial charge in [-0.3, -0.25) is 9.78 Å². The molecule has 0 fully saturated rings. The van der Waals surface area contributed by atoms with Crippen LogP contribution in [-0.2, 0) is 6.42 Å². The van der Waals surface area contributed by atoms with Crippen LogP contribution in [-0.4, -0.2) is 36.8 Å². The van der Waals surface area contributed by atoms with Gasteiger partial charge in [-0.15, -0.1) is 0 Å². The Morgan fingerprint density at radius 3 is 2.72 bits per heavy atom. The third-order valence-electron chi connectivity index (χ3n) is 5.09. The molecule has 0 saturated carbocycles. The van der Waals surface area contributed by atoms with Gasteiger partial charge in [0.1, 0.15) is 25.1 Å². The summed E-state index contributed by atoms with van der Waals surface area (Å²) in [5.41, 5.74) is 3.88. The van der Waals surface area contributed by atoms with Crippen molar-refractivity contribution in [2.24, 2.45) is 0 Å². The summed E-state index contributed by atoms with van der Waals surface area (Å²) in [6.45, 7) is 1.46. The lowest BCUT2D eigenvalue weighted by Crippen LogP contribution is -2.34. The molecule has 0 aliphatic carbocycles. The molecular weight excluding hydrogens is 368 g/mol. The van der Waals surface area contributed by atoms with Crippen LogP contribution in [0.1, 0.15) is 15.9 Å². The Morgan fingerprint density at radius 1 is 1.00 bits per heavy atom. The molecule has 3 heterocycles. The lowest BCUT2D eigenvalue weighted by atomic mass is 10.0. The third-order valence-corrected chi connectivity index (χ3v) is 5.09. The molecule has 2 aliphatic heterocycles. The number of nitrogens with one attached hydrogen (secondary N) is 1. The van der Waals surface area contributed by atoms with Crippen LogP contribution in [0.2, 0.25) is 0 Å². The highest BCUT2D eigenvalue weighted by Crippen LogP contribution is 2.33. The van der Waals surface area contributed by atoms with Gasteiger partial charge in [-0.05, 0) is 47.5 Å². The number of ether oxygens (including phenoxy) is 3. The summed E-state index contributed by atoms with van der Waals surface area (Å²) in [4.78, 5) is 16.7. The third kappa shape index (κ3) is 3.61.